The Kier molecular flexibility index (Phi) is 16.7. The van der Waals surface area contributed by atoms with Crippen LogP contribution < -0.4 is 10.2 Å². The van der Waals surface area contributed by atoms with Gasteiger partial charge in [0.1, 0.15) is 10.1 Å². The molecular formula is C11H21O7P3S. The Morgan fingerprint density at radius 2 is 1.09 bits per heavy atom. The third-order valence-corrected chi connectivity index (χ3v) is 2.48. The first-order chi connectivity index (χ1) is 10.2. The molecule has 0 bridgehead atoms. The number of carbonyl (C=O) groups is 2. The summed E-state index contributed by atoms with van der Waals surface area (Å²) in [4.78, 5) is 19.9. The van der Waals surface area contributed by atoms with E-state index < -0.39 is 38.1 Å². The Balaban J connectivity index is -0.000000535. The van der Waals surface area contributed by atoms with Crippen LogP contribution in [0.1, 0.15) is 20.7 Å². The van der Waals surface area contributed by atoms with Crippen LogP contribution in [0.25, 0.3) is 0 Å². The molecular weight excluding hydrogens is 369 g/mol. The summed E-state index contributed by atoms with van der Waals surface area (Å²) in [5.74, 6) is -3.60. The summed E-state index contributed by atoms with van der Waals surface area (Å²) in [5, 5.41) is 20.9. The summed E-state index contributed by atoms with van der Waals surface area (Å²) in [6.45, 7) is 6.08. The lowest BCUT2D eigenvalue weighted by Crippen LogP contribution is -2.26. The van der Waals surface area contributed by atoms with Crippen molar-refractivity contribution in [2.75, 3.05) is 20.0 Å². The lowest BCUT2D eigenvalue weighted by Gasteiger charge is -2.13. The van der Waals surface area contributed by atoms with Gasteiger partial charge in [0.25, 0.3) is 0 Å². The van der Waals surface area contributed by atoms with Crippen LogP contribution in [0.2, 0.25) is 0 Å². The second-order valence-electron chi connectivity index (χ2n) is 2.78. The molecule has 3 atom stereocenters. The third-order valence-electron chi connectivity index (χ3n) is 1.67. The van der Waals surface area contributed by atoms with E-state index in [1.807, 2.05) is 47.7 Å². The molecule has 0 saturated carbocycles. The van der Waals surface area contributed by atoms with Gasteiger partial charge in [-0.1, -0.05) is 0 Å². The number of carboxylic acids is 2. The maximum Gasteiger partial charge on any atom is 0.124 e. The van der Waals surface area contributed by atoms with Gasteiger partial charge in [0.05, 0.1) is 16.8 Å². The molecule has 7 nitrogen and oxygen atoms in total. The van der Waals surface area contributed by atoms with Gasteiger partial charge in [0, 0.05) is 20.0 Å². The molecule has 0 heterocycles. The Morgan fingerprint density at radius 3 is 1.27 bits per heavy atom. The fourth-order valence-corrected chi connectivity index (χ4v) is 1.52. The standard InChI is InChI=1S/C8H6O7S.3CH5P/c9-7(10)4-1-5(8(11)12)3-6(2-4)16(13,14)15;3*1-2/h1-3H,(H,9,10)(H,11,12)(H,13,14,15);3*2H2,1H3. The molecule has 11 heteroatoms. The van der Waals surface area contributed by atoms with Crippen LogP contribution in [0.5, 0.6) is 0 Å². The monoisotopic (exact) mass is 390 g/mol. The highest BCUT2D eigenvalue weighted by atomic mass is 32.2. The van der Waals surface area contributed by atoms with Crippen molar-refractivity contribution in [3.8, 4) is 0 Å². The molecule has 0 aromatic heterocycles. The van der Waals surface area contributed by atoms with Crippen molar-refractivity contribution in [3.05, 3.63) is 29.3 Å². The molecule has 0 spiro atoms. The van der Waals surface area contributed by atoms with Crippen molar-refractivity contribution < 1.29 is 32.8 Å². The minimum absolute atomic E-state index is 0.518. The van der Waals surface area contributed by atoms with Crippen LogP contribution in [0.4, 0.5) is 0 Å². The maximum absolute atomic E-state index is 10.6. The fraction of sp³-hybridized carbons (Fsp3) is 0.273. The molecule has 0 aliphatic heterocycles. The quantitative estimate of drug-likeness (QED) is 0.429. The number of hydrogen-bond donors (Lipinski definition) is 0. The predicted molar refractivity (Wildman–Crippen MR) is 94.2 cm³/mol. The van der Waals surface area contributed by atoms with Crippen molar-refractivity contribution in [3.63, 3.8) is 0 Å². The minimum Gasteiger partial charge on any atom is -0.744 e. The molecule has 0 fully saturated rings. The molecule has 1 aromatic carbocycles. The molecule has 22 heavy (non-hydrogen) atoms. The summed E-state index contributed by atoms with van der Waals surface area (Å²) in [6, 6.07) is 1.67. The van der Waals surface area contributed by atoms with Gasteiger partial charge < -0.3 is 24.4 Å². The maximum atomic E-state index is 10.6. The lowest BCUT2D eigenvalue weighted by atomic mass is 10.1. The van der Waals surface area contributed by atoms with Crippen LogP contribution in [-0.2, 0) is 10.1 Å². The van der Waals surface area contributed by atoms with Gasteiger partial charge in [-0.3, -0.25) is 0 Å². The average molecular weight is 390 g/mol. The molecule has 0 aliphatic carbocycles. The van der Waals surface area contributed by atoms with Crippen LogP contribution >= 0.6 is 27.7 Å². The Labute approximate surface area is 137 Å². The van der Waals surface area contributed by atoms with E-state index in [2.05, 4.69) is 0 Å². The molecule has 0 radical (unpaired) electrons. The smallest absolute Gasteiger partial charge is 0.124 e. The zero-order valence-corrected chi connectivity index (χ0v) is 17.7. The molecule has 128 valence electrons. The van der Waals surface area contributed by atoms with Crippen molar-refractivity contribution >= 4 is 49.8 Å². The largest absolute Gasteiger partial charge is 0.744 e. The average Bonchev–Trinajstić information content (AvgIpc) is 2.51. The van der Waals surface area contributed by atoms with Gasteiger partial charge >= 0.3 is 0 Å². The molecule has 1 rings (SSSR count). The normalized spacial score (nSPS) is 9.27. The van der Waals surface area contributed by atoms with E-state index in [1.54, 1.807) is 0 Å². The van der Waals surface area contributed by atoms with E-state index in [9.17, 15) is 32.8 Å². The first kappa shape index (κ1) is 26.3. The fourth-order valence-electron chi connectivity index (χ4n) is 0.979. The zero-order chi connectivity index (χ0) is 18.5. The second kappa shape index (κ2) is 14.0. The van der Waals surface area contributed by atoms with Gasteiger partial charge in [-0.05, 0) is 57.0 Å². The second-order valence-corrected chi connectivity index (χ2v) is 4.15. The van der Waals surface area contributed by atoms with Gasteiger partial charge in [-0.2, -0.15) is 0 Å². The molecule has 0 saturated heterocycles. The number of hydrogen-bond acceptors (Lipinski definition) is 7. The van der Waals surface area contributed by atoms with Gasteiger partial charge in [-0.15, -0.1) is 0 Å². The lowest BCUT2D eigenvalue weighted by molar-refractivity contribution is -0.255. The SMILES string of the molecule is C[PH3+].C[PH3+].C[PH3+].O=C([O-])c1cc(C(=O)[O-])cc(S(=O)(=O)[O-])c1. The van der Waals surface area contributed by atoms with Crippen molar-refractivity contribution in [2.45, 2.75) is 4.90 Å². The van der Waals surface area contributed by atoms with Gasteiger partial charge in [-0.25, -0.2) is 8.42 Å². The highest BCUT2D eigenvalue weighted by Crippen LogP contribution is 2.14. The van der Waals surface area contributed by atoms with E-state index in [-0.39, 0.29) is 0 Å². The number of carboxylic acid groups (broad SMARTS) is 2. The van der Waals surface area contributed by atoms with Crippen molar-refractivity contribution in [1.82, 2.24) is 0 Å². The number of benzene rings is 1. The first-order valence-electron chi connectivity index (χ1n) is 5.87. The highest BCUT2D eigenvalue weighted by molar-refractivity contribution is 7.85. The van der Waals surface area contributed by atoms with E-state index in [4.69, 9.17) is 0 Å². The van der Waals surface area contributed by atoms with E-state index in [0.717, 1.165) is 0 Å². The topological polar surface area (TPSA) is 137 Å². The van der Waals surface area contributed by atoms with E-state index in [0.29, 0.717) is 18.2 Å². The molecule has 0 aliphatic rings. The number of carbonyl (C=O) groups excluding carboxylic acids is 2. The number of rotatable bonds is 3. The third kappa shape index (κ3) is 10.1. The van der Waals surface area contributed by atoms with E-state index in [1.165, 1.54) is 0 Å². The van der Waals surface area contributed by atoms with Gasteiger partial charge in [0.2, 0.25) is 0 Å². The van der Waals surface area contributed by atoms with Crippen molar-refractivity contribution in [2.24, 2.45) is 0 Å². The Morgan fingerprint density at radius 1 is 0.818 bits per heavy atom. The number of aromatic carboxylic acids is 2. The summed E-state index contributed by atoms with van der Waals surface area (Å²) in [5.41, 5.74) is -1.45. The first-order valence-corrected chi connectivity index (χ1v) is 11.5. The van der Waals surface area contributed by atoms with Crippen LogP contribution in [-0.4, -0.2) is 44.9 Å². The summed E-state index contributed by atoms with van der Waals surface area (Å²) in [7, 11) is 0.636. The zero-order valence-electron chi connectivity index (χ0n) is 12.6. The van der Waals surface area contributed by atoms with E-state index >= 15 is 0 Å². The highest BCUT2D eigenvalue weighted by Gasteiger charge is 2.07. The summed E-state index contributed by atoms with van der Waals surface area (Å²) >= 11 is 0. The molecule has 1 aromatic rings. The van der Waals surface area contributed by atoms with Crippen molar-refractivity contribution in [1.29, 1.82) is 0 Å². The van der Waals surface area contributed by atoms with Gasteiger partial charge in [0.15, 0.2) is 0 Å². The summed E-state index contributed by atoms with van der Waals surface area (Å²) < 4.78 is 31.8. The predicted octanol–water partition coefficient (Wildman–Crippen LogP) is -2.01. The molecule has 3 unspecified atom stereocenters. The molecule has 0 amide bonds. The Hall–Kier alpha value is -0.640. The van der Waals surface area contributed by atoms with Crippen LogP contribution in [0.15, 0.2) is 23.1 Å². The Bertz CT molecular complexity index is 541. The minimum atomic E-state index is -4.95. The molecule has 0 N–H and O–H groups in total. The van der Waals surface area contributed by atoms with Crippen LogP contribution in [0.3, 0.4) is 0 Å². The van der Waals surface area contributed by atoms with Crippen LogP contribution in [0, 0.1) is 0 Å². The summed E-state index contributed by atoms with van der Waals surface area (Å²) in [6.07, 6.45) is 0.